The smallest absolute Gasteiger partial charge is 0.322 e. The first-order chi connectivity index (χ1) is 11.4. The number of carbonyl (C=O) groups excluding carboxylic acids is 1. The molecule has 130 valence electrons. The van der Waals surface area contributed by atoms with Gasteiger partial charge in [0.15, 0.2) is 0 Å². The van der Waals surface area contributed by atoms with E-state index in [-0.39, 0.29) is 24.2 Å². The second-order valence-electron chi connectivity index (χ2n) is 6.58. The van der Waals surface area contributed by atoms with Crippen LogP contribution >= 0.6 is 11.3 Å². The van der Waals surface area contributed by atoms with Gasteiger partial charge in [-0.25, -0.2) is 4.79 Å². The van der Waals surface area contributed by atoms with Crippen LogP contribution < -0.4 is 5.32 Å². The van der Waals surface area contributed by atoms with Crippen LogP contribution in [0.3, 0.4) is 0 Å². The van der Waals surface area contributed by atoms with Crippen molar-refractivity contribution >= 4 is 23.1 Å². The molecule has 1 aliphatic heterocycles. The first kappa shape index (κ1) is 17.0. The maximum Gasteiger partial charge on any atom is 0.322 e. The lowest BCUT2D eigenvalue weighted by molar-refractivity contribution is -0.0640. The third-order valence-electron chi connectivity index (χ3n) is 4.11. The average Bonchev–Trinajstić information content (AvgIpc) is 3.16. The molecule has 1 saturated heterocycles. The number of morpholine rings is 1. The van der Waals surface area contributed by atoms with E-state index in [0.717, 1.165) is 16.9 Å². The van der Waals surface area contributed by atoms with Crippen LogP contribution in [0.5, 0.6) is 0 Å². The molecule has 24 heavy (non-hydrogen) atoms. The Morgan fingerprint density at radius 3 is 2.92 bits per heavy atom. The van der Waals surface area contributed by atoms with E-state index >= 15 is 0 Å². The fourth-order valence-corrected chi connectivity index (χ4v) is 3.68. The summed E-state index contributed by atoms with van der Waals surface area (Å²) in [4.78, 5) is 14.6. The molecule has 2 aromatic heterocycles. The molecular formula is C17H24N4O2S. The molecule has 7 heteroatoms. The highest BCUT2D eigenvalue weighted by molar-refractivity contribution is 7.07. The Labute approximate surface area is 146 Å². The first-order valence-corrected chi connectivity index (χ1v) is 9.15. The van der Waals surface area contributed by atoms with E-state index in [1.807, 2.05) is 30.4 Å². The highest BCUT2D eigenvalue weighted by Crippen LogP contribution is 2.28. The second-order valence-corrected chi connectivity index (χ2v) is 7.36. The van der Waals surface area contributed by atoms with Gasteiger partial charge in [0.25, 0.3) is 0 Å². The second kappa shape index (κ2) is 6.94. The normalized spacial score (nSPS) is 21.3. The summed E-state index contributed by atoms with van der Waals surface area (Å²) in [6.45, 7) is 7.29. The molecule has 6 nitrogen and oxygen atoms in total. The summed E-state index contributed by atoms with van der Waals surface area (Å²) < 4.78 is 7.73. The van der Waals surface area contributed by atoms with Gasteiger partial charge in [0.05, 0.1) is 24.0 Å². The van der Waals surface area contributed by atoms with E-state index in [0.29, 0.717) is 13.1 Å². The Bertz CT molecular complexity index is 696. The van der Waals surface area contributed by atoms with Gasteiger partial charge >= 0.3 is 6.03 Å². The summed E-state index contributed by atoms with van der Waals surface area (Å²) in [6, 6.07) is 1.96. The number of nitrogens with zero attached hydrogens (tertiary/aromatic N) is 3. The topological polar surface area (TPSA) is 59.4 Å². The quantitative estimate of drug-likeness (QED) is 0.922. The van der Waals surface area contributed by atoms with E-state index in [1.165, 1.54) is 0 Å². The molecule has 0 aromatic carbocycles. The predicted molar refractivity (Wildman–Crippen MR) is 95.5 cm³/mol. The number of amides is 2. The Morgan fingerprint density at radius 1 is 1.46 bits per heavy atom. The van der Waals surface area contributed by atoms with Crippen LogP contribution in [-0.4, -0.2) is 39.9 Å². The van der Waals surface area contributed by atoms with Crippen LogP contribution in [0.15, 0.2) is 23.0 Å². The molecule has 0 unspecified atom stereocenters. The van der Waals surface area contributed by atoms with E-state index in [4.69, 9.17) is 4.74 Å². The summed E-state index contributed by atoms with van der Waals surface area (Å²) in [5, 5.41) is 11.6. The van der Waals surface area contributed by atoms with E-state index in [2.05, 4.69) is 35.7 Å². The fourth-order valence-electron chi connectivity index (χ4n) is 2.98. The third-order valence-corrected chi connectivity index (χ3v) is 4.81. The van der Waals surface area contributed by atoms with Crippen molar-refractivity contribution in [1.82, 2.24) is 14.7 Å². The van der Waals surface area contributed by atoms with Crippen molar-refractivity contribution < 1.29 is 9.53 Å². The molecule has 1 fully saturated rings. The zero-order valence-electron chi connectivity index (χ0n) is 14.5. The van der Waals surface area contributed by atoms with Crippen molar-refractivity contribution in [2.75, 3.05) is 18.4 Å². The minimum Gasteiger partial charge on any atom is -0.367 e. The minimum absolute atomic E-state index is 0.00728. The van der Waals surface area contributed by atoms with Crippen molar-refractivity contribution in [2.45, 2.75) is 38.9 Å². The van der Waals surface area contributed by atoms with Gasteiger partial charge < -0.3 is 15.0 Å². The molecule has 0 aliphatic carbocycles. The SMILES string of the molecule is CC(C)c1nn(C)cc1NC(=O)N1C[C@@H](c2ccsc2)O[C@@H](C)C1. The van der Waals surface area contributed by atoms with Gasteiger partial charge in [-0.1, -0.05) is 13.8 Å². The Kier molecular flexibility index (Phi) is 4.91. The summed E-state index contributed by atoms with van der Waals surface area (Å²) in [6.07, 6.45) is 1.80. The number of thiophene rings is 1. The summed E-state index contributed by atoms with van der Waals surface area (Å²) in [5.74, 6) is 0.253. The molecule has 3 heterocycles. The summed E-state index contributed by atoms with van der Waals surface area (Å²) >= 11 is 1.64. The number of ether oxygens (including phenoxy) is 1. The molecule has 2 atom stereocenters. The lowest BCUT2D eigenvalue weighted by atomic mass is 10.1. The number of aryl methyl sites for hydroxylation is 1. The van der Waals surface area contributed by atoms with Crippen molar-refractivity contribution in [3.8, 4) is 0 Å². The Balaban J connectivity index is 1.72. The maximum absolute atomic E-state index is 12.7. The lowest BCUT2D eigenvalue weighted by Crippen LogP contribution is -2.47. The van der Waals surface area contributed by atoms with Crippen molar-refractivity contribution in [3.63, 3.8) is 0 Å². The fraction of sp³-hybridized carbons (Fsp3) is 0.529. The zero-order valence-corrected chi connectivity index (χ0v) is 15.3. The molecule has 0 spiro atoms. The number of aromatic nitrogens is 2. The van der Waals surface area contributed by atoms with Crippen molar-refractivity contribution in [1.29, 1.82) is 0 Å². The molecule has 2 amide bonds. The minimum atomic E-state index is -0.0970. The molecule has 0 bridgehead atoms. The van der Waals surface area contributed by atoms with Gasteiger partial charge in [-0.05, 0) is 35.2 Å². The Morgan fingerprint density at radius 2 is 2.25 bits per heavy atom. The van der Waals surface area contributed by atoms with Gasteiger partial charge in [0.2, 0.25) is 0 Å². The molecule has 0 saturated carbocycles. The summed E-state index contributed by atoms with van der Waals surface area (Å²) in [5.41, 5.74) is 2.82. The number of nitrogens with one attached hydrogen (secondary N) is 1. The van der Waals surface area contributed by atoms with Crippen LogP contribution in [0.2, 0.25) is 0 Å². The predicted octanol–water partition coefficient (Wildman–Crippen LogP) is 3.60. The highest BCUT2D eigenvalue weighted by atomic mass is 32.1. The van der Waals surface area contributed by atoms with E-state index in [9.17, 15) is 4.79 Å². The Hall–Kier alpha value is -1.86. The zero-order chi connectivity index (χ0) is 17.3. The van der Waals surface area contributed by atoms with Crippen LogP contribution in [0.4, 0.5) is 10.5 Å². The molecule has 3 rings (SSSR count). The van der Waals surface area contributed by atoms with Crippen LogP contribution in [0.25, 0.3) is 0 Å². The van der Waals surface area contributed by atoms with Crippen molar-refractivity contribution in [3.05, 3.63) is 34.3 Å². The third kappa shape index (κ3) is 3.62. The monoisotopic (exact) mass is 348 g/mol. The number of urea groups is 1. The summed E-state index contributed by atoms with van der Waals surface area (Å²) in [7, 11) is 1.87. The molecular weight excluding hydrogens is 324 g/mol. The number of carbonyl (C=O) groups is 1. The standard InChI is InChI=1S/C17H24N4O2S/c1-11(2)16-14(8-20(4)19-16)18-17(22)21-7-12(3)23-15(9-21)13-5-6-24-10-13/h5-6,8,10-12,15H,7,9H2,1-4H3,(H,18,22)/t12-,15-/m0/s1. The van der Waals surface area contributed by atoms with Gasteiger partial charge in [0.1, 0.15) is 6.10 Å². The highest BCUT2D eigenvalue weighted by Gasteiger charge is 2.30. The van der Waals surface area contributed by atoms with Gasteiger partial charge in [-0.2, -0.15) is 16.4 Å². The van der Waals surface area contributed by atoms with Crippen LogP contribution in [0.1, 0.15) is 44.1 Å². The maximum atomic E-state index is 12.7. The first-order valence-electron chi connectivity index (χ1n) is 8.21. The van der Waals surface area contributed by atoms with Gasteiger partial charge in [-0.3, -0.25) is 4.68 Å². The number of hydrogen-bond acceptors (Lipinski definition) is 4. The molecule has 2 aromatic rings. The van der Waals surface area contributed by atoms with Gasteiger partial charge in [-0.15, -0.1) is 0 Å². The largest absolute Gasteiger partial charge is 0.367 e. The van der Waals surface area contributed by atoms with E-state index in [1.54, 1.807) is 16.0 Å². The average molecular weight is 348 g/mol. The van der Waals surface area contributed by atoms with Crippen LogP contribution in [0, 0.1) is 0 Å². The number of anilines is 1. The number of hydrogen-bond donors (Lipinski definition) is 1. The lowest BCUT2D eigenvalue weighted by Gasteiger charge is -2.36. The molecule has 1 aliphatic rings. The van der Waals surface area contributed by atoms with Crippen molar-refractivity contribution in [2.24, 2.45) is 7.05 Å². The van der Waals surface area contributed by atoms with E-state index < -0.39 is 0 Å². The van der Waals surface area contributed by atoms with Gasteiger partial charge in [0, 0.05) is 19.8 Å². The molecule has 1 N–H and O–H groups in total. The number of rotatable bonds is 3. The molecule has 0 radical (unpaired) electrons. The van der Waals surface area contributed by atoms with Crippen LogP contribution in [-0.2, 0) is 11.8 Å².